The highest BCUT2D eigenvalue weighted by Crippen LogP contribution is 2.30. The summed E-state index contributed by atoms with van der Waals surface area (Å²) in [6.07, 6.45) is 2.28. The van der Waals surface area contributed by atoms with Crippen molar-refractivity contribution in [3.63, 3.8) is 0 Å². The fourth-order valence-electron chi connectivity index (χ4n) is 2.77. The Morgan fingerprint density at radius 2 is 2.05 bits per heavy atom. The lowest BCUT2D eigenvalue weighted by Gasteiger charge is -2.19. The van der Waals surface area contributed by atoms with Crippen molar-refractivity contribution in [2.24, 2.45) is 4.99 Å². The van der Waals surface area contributed by atoms with Gasteiger partial charge in [-0.3, -0.25) is 20.0 Å². The summed E-state index contributed by atoms with van der Waals surface area (Å²) in [7, 11) is 0. The Morgan fingerprint density at radius 3 is 2.80 bits per heavy atom. The van der Waals surface area contributed by atoms with Gasteiger partial charge in [0.05, 0.1) is 16.5 Å². The van der Waals surface area contributed by atoms with E-state index in [-0.39, 0.29) is 10.6 Å². The van der Waals surface area contributed by atoms with E-state index in [1.807, 2.05) is 29.4 Å². The summed E-state index contributed by atoms with van der Waals surface area (Å²) in [5, 5.41) is 11.3. The molecule has 0 amide bonds. The maximum absolute atomic E-state index is 10.6. The Bertz CT molecular complexity index is 518. The van der Waals surface area contributed by atoms with Crippen molar-refractivity contribution < 1.29 is 4.92 Å². The van der Waals surface area contributed by atoms with Crippen LogP contribution in [-0.2, 0) is 6.54 Å². The minimum absolute atomic E-state index is 0.157. The molecule has 0 spiro atoms. The van der Waals surface area contributed by atoms with Crippen molar-refractivity contribution in [1.29, 1.82) is 0 Å². The Balaban J connectivity index is 1.60. The predicted octanol–water partition coefficient (Wildman–Crippen LogP) is 2.70. The number of fused-ring (bicyclic) bond motifs is 1. The van der Waals surface area contributed by atoms with Crippen molar-refractivity contribution in [2.75, 3.05) is 13.1 Å². The number of nitrogens with zero attached hydrogens (tertiary/aromatic N) is 3. The Labute approximate surface area is 122 Å². The number of hydrogen-bond donors (Lipinski definition) is 0. The Kier molecular flexibility index (Phi) is 4.03. The first kappa shape index (κ1) is 13.6. The van der Waals surface area contributed by atoms with E-state index in [1.165, 1.54) is 6.42 Å². The smallest absolute Gasteiger partial charge is 0.269 e. The molecule has 1 saturated heterocycles. The first-order valence-corrected chi connectivity index (χ1v) is 7.79. The number of aliphatic imine (C=N–C) groups is 1. The van der Waals surface area contributed by atoms with Crippen LogP contribution in [0.5, 0.6) is 0 Å². The monoisotopic (exact) mass is 291 g/mol. The van der Waals surface area contributed by atoms with Gasteiger partial charge in [-0.15, -0.1) is 11.8 Å². The first-order valence-electron chi connectivity index (χ1n) is 6.85. The largest absolute Gasteiger partial charge is 0.299 e. The molecule has 106 valence electrons. The van der Waals surface area contributed by atoms with Gasteiger partial charge in [0.25, 0.3) is 5.69 Å². The number of benzene rings is 1. The zero-order chi connectivity index (χ0) is 13.9. The third-order valence-corrected chi connectivity index (χ3v) is 5.08. The number of hydrogen-bond acceptors (Lipinski definition) is 5. The Hall–Kier alpha value is -1.40. The van der Waals surface area contributed by atoms with E-state index in [0.29, 0.717) is 11.3 Å². The van der Waals surface area contributed by atoms with Crippen molar-refractivity contribution >= 4 is 23.0 Å². The molecule has 0 N–H and O–H groups in total. The van der Waals surface area contributed by atoms with Crippen LogP contribution in [0.4, 0.5) is 5.69 Å². The summed E-state index contributed by atoms with van der Waals surface area (Å²) in [6, 6.07) is 7.37. The fraction of sp³-hybridized carbons (Fsp3) is 0.500. The van der Waals surface area contributed by atoms with Crippen LogP contribution in [0.3, 0.4) is 0 Å². The quantitative estimate of drug-likeness (QED) is 0.634. The standard InChI is InChI=1S/C14H17N3O2S/c18-17(19)12-3-1-11(2-4-12)9-16-7-5-13-14(6-8-16)20-10-15-13/h1-4,10,13-14H,5-9H2. The molecule has 0 aliphatic carbocycles. The molecule has 2 aliphatic rings. The van der Waals surface area contributed by atoms with E-state index in [9.17, 15) is 10.1 Å². The molecule has 1 aromatic carbocycles. The molecule has 20 heavy (non-hydrogen) atoms. The Morgan fingerprint density at radius 1 is 1.30 bits per heavy atom. The van der Waals surface area contributed by atoms with Crippen LogP contribution in [0.15, 0.2) is 29.3 Å². The van der Waals surface area contributed by atoms with Crippen molar-refractivity contribution in [3.05, 3.63) is 39.9 Å². The van der Waals surface area contributed by atoms with Gasteiger partial charge in [-0.1, -0.05) is 12.1 Å². The second-order valence-electron chi connectivity index (χ2n) is 5.27. The van der Waals surface area contributed by atoms with Crippen LogP contribution in [0.2, 0.25) is 0 Å². The summed E-state index contributed by atoms with van der Waals surface area (Å²) in [4.78, 5) is 17.2. The highest BCUT2D eigenvalue weighted by molar-refractivity contribution is 8.12. The molecule has 0 radical (unpaired) electrons. The van der Waals surface area contributed by atoms with Gasteiger partial charge in [0.2, 0.25) is 0 Å². The highest BCUT2D eigenvalue weighted by atomic mass is 32.2. The minimum Gasteiger partial charge on any atom is -0.299 e. The first-order chi connectivity index (χ1) is 9.72. The third-order valence-electron chi connectivity index (χ3n) is 3.94. The molecule has 1 aromatic rings. The lowest BCUT2D eigenvalue weighted by molar-refractivity contribution is -0.384. The van der Waals surface area contributed by atoms with Crippen LogP contribution in [0.25, 0.3) is 0 Å². The van der Waals surface area contributed by atoms with Crippen LogP contribution in [0.1, 0.15) is 18.4 Å². The molecule has 3 rings (SSSR count). The zero-order valence-electron chi connectivity index (χ0n) is 11.1. The molecule has 2 atom stereocenters. The molecule has 0 saturated carbocycles. The average Bonchev–Trinajstić information content (AvgIpc) is 2.82. The second kappa shape index (κ2) is 5.93. The fourth-order valence-corrected chi connectivity index (χ4v) is 3.79. The molecule has 0 bridgehead atoms. The van der Waals surface area contributed by atoms with E-state index in [1.54, 1.807) is 12.1 Å². The van der Waals surface area contributed by atoms with Gasteiger partial charge in [0.15, 0.2) is 0 Å². The van der Waals surface area contributed by atoms with Crippen molar-refractivity contribution in [3.8, 4) is 0 Å². The predicted molar refractivity (Wildman–Crippen MR) is 81.3 cm³/mol. The number of rotatable bonds is 3. The molecule has 2 heterocycles. The van der Waals surface area contributed by atoms with Crippen molar-refractivity contribution in [2.45, 2.75) is 30.7 Å². The summed E-state index contributed by atoms with van der Waals surface area (Å²) in [6.45, 7) is 3.00. The lowest BCUT2D eigenvalue weighted by Crippen LogP contribution is -2.24. The topological polar surface area (TPSA) is 58.7 Å². The molecule has 0 aromatic heterocycles. The van der Waals surface area contributed by atoms with Gasteiger partial charge < -0.3 is 0 Å². The van der Waals surface area contributed by atoms with E-state index < -0.39 is 0 Å². The van der Waals surface area contributed by atoms with E-state index >= 15 is 0 Å². The summed E-state index contributed by atoms with van der Waals surface area (Å²) in [5.74, 6) is 0. The third kappa shape index (κ3) is 3.02. The molecular formula is C14H17N3O2S. The average molecular weight is 291 g/mol. The van der Waals surface area contributed by atoms with Crippen LogP contribution in [-0.4, -0.2) is 39.8 Å². The highest BCUT2D eigenvalue weighted by Gasteiger charge is 2.28. The molecular weight excluding hydrogens is 274 g/mol. The minimum atomic E-state index is -0.355. The van der Waals surface area contributed by atoms with Gasteiger partial charge in [-0.25, -0.2) is 0 Å². The number of likely N-dealkylation sites (tertiary alicyclic amines) is 1. The van der Waals surface area contributed by atoms with Crippen LogP contribution >= 0.6 is 11.8 Å². The molecule has 1 fully saturated rings. The SMILES string of the molecule is O=[N+]([O-])c1ccc(CN2CCC3N=CSC3CC2)cc1. The van der Waals surface area contributed by atoms with Gasteiger partial charge in [0.1, 0.15) is 0 Å². The number of nitro benzene ring substituents is 1. The summed E-state index contributed by atoms with van der Waals surface area (Å²) < 4.78 is 0. The van der Waals surface area contributed by atoms with Crippen LogP contribution in [0, 0.1) is 10.1 Å². The summed E-state index contributed by atoms with van der Waals surface area (Å²) >= 11 is 1.86. The van der Waals surface area contributed by atoms with Gasteiger partial charge in [0, 0.05) is 30.5 Å². The van der Waals surface area contributed by atoms with E-state index in [4.69, 9.17) is 0 Å². The molecule has 2 unspecified atom stereocenters. The second-order valence-corrected chi connectivity index (χ2v) is 6.36. The molecule has 6 heteroatoms. The maximum atomic E-state index is 10.6. The van der Waals surface area contributed by atoms with E-state index in [0.717, 1.165) is 31.6 Å². The zero-order valence-corrected chi connectivity index (χ0v) is 12.0. The number of thioether (sulfide) groups is 1. The molecule has 2 aliphatic heterocycles. The molecule has 5 nitrogen and oxygen atoms in total. The van der Waals surface area contributed by atoms with Gasteiger partial charge in [-0.05, 0) is 24.9 Å². The van der Waals surface area contributed by atoms with Gasteiger partial charge >= 0.3 is 0 Å². The number of non-ortho nitro benzene ring substituents is 1. The normalized spacial score (nSPS) is 26.2. The van der Waals surface area contributed by atoms with Gasteiger partial charge in [-0.2, -0.15) is 0 Å². The summed E-state index contributed by atoms with van der Waals surface area (Å²) in [5.41, 5.74) is 3.30. The van der Waals surface area contributed by atoms with Crippen molar-refractivity contribution in [1.82, 2.24) is 4.90 Å². The number of nitro groups is 1. The van der Waals surface area contributed by atoms with E-state index in [2.05, 4.69) is 9.89 Å². The van der Waals surface area contributed by atoms with Crippen LogP contribution < -0.4 is 0 Å². The lowest BCUT2D eigenvalue weighted by atomic mass is 10.1. The maximum Gasteiger partial charge on any atom is 0.269 e.